The van der Waals surface area contributed by atoms with E-state index in [2.05, 4.69) is 20.0 Å². The minimum absolute atomic E-state index is 0.0350. The molecule has 0 spiro atoms. The van der Waals surface area contributed by atoms with Crippen molar-refractivity contribution in [2.45, 2.75) is 32.0 Å². The summed E-state index contributed by atoms with van der Waals surface area (Å²) in [5.41, 5.74) is -1.66. The summed E-state index contributed by atoms with van der Waals surface area (Å²) < 4.78 is 40.3. The van der Waals surface area contributed by atoms with Crippen molar-refractivity contribution in [1.29, 1.82) is 0 Å². The molecule has 44 heavy (non-hydrogen) atoms. The number of aliphatic hydroxyl groups is 1. The van der Waals surface area contributed by atoms with Gasteiger partial charge in [-0.2, -0.15) is 0 Å². The highest BCUT2D eigenvalue weighted by molar-refractivity contribution is 7.88. The molecule has 1 unspecified atom stereocenters. The maximum absolute atomic E-state index is 14.1. The molecule has 236 valence electrons. The summed E-state index contributed by atoms with van der Waals surface area (Å²) in [6.07, 6.45) is 1.25. The van der Waals surface area contributed by atoms with Gasteiger partial charge in [-0.25, -0.2) is 27.5 Å². The molecule has 3 aromatic rings. The van der Waals surface area contributed by atoms with E-state index >= 15 is 0 Å². The zero-order valence-electron chi connectivity index (χ0n) is 24.0. The van der Waals surface area contributed by atoms with Crippen LogP contribution in [0.2, 0.25) is 5.02 Å². The number of pyridine rings is 1. The highest BCUT2D eigenvalue weighted by Crippen LogP contribution is 2.25. The lowest BCUT2D eigenvalue weighted by Crippen LogP contribution is -2.60. The van der Waals surface area contributed by atoms with Gasteiger partial charge in [-0.1, -0.05) is 23.7 Å². The summed E-state index contributed by atoms with van der Waals surface area (Å²) in [5, 5.41) is 14.1. The van der Waals surface area contributed by atoms with Crippen molar-refractivity contribution < 1.29 is 27.5 Å². The van der Waals surface area contributed by atoms with Crippen LogP contribution in [0.1, 0.15) is 22.8 Å². The third kappa shape index (κ3) is 7.15. The van der Waals surface area contributed by atoms with Crippen LogP contribution in [0.5, 0.6) is 0 Å². The minimum atomic E-state index is -3.39. The number of hydrogen-bond acceptors (Lipinski definition) is 10. The molecule has 3 N–H and O–H groups in total. The predicted octanol–water partition coefficient (Wildman–Crippen LogP) is -0.108. The van der Waals surface area contributed by atoms with Crippen LogP contribution in [0.3, 0.4) is 0 Å². The Bertz CT molecular complexity index is 1750. The van der Waals surface area contributed by atoms with Crippen LogP contribution in [0.15, 0.2) is 41.3 Å². The first-order valence-corrected chi connectivity index (χ1v) is 16.0. The summed E-state index contributed by atoms with van der Waals surface area (Å²) in [4.78, 5) is 53.1. The number of likely N-dealkylation sites (tertiary alicyclic amines) is 1. The molecule has 2 aromatic heterocycles. The molecular weight excluding hydrogens is 619 g/mol. The second-order valence-corrected chi connectivity index (χ2v) is 13.4. The number of rotatable bonds is 10. The van der Waals surface area contributed by atoms with Gasteiger partial charge in [-0.3, -0.25) is 23.9 Å². The Labute approximate surface area is 257 Å². The molecule has 1 atom stereocenters. The van der Waals surface area contributed by atoms with Crippen LogP contribution < -0.4 is 20.5 Å². The van der Waals surface area contributed by atoms with E-state index in [4.69, 9.17) is 11.6 Å². The van der Waals surface area contributed by atoms with Crippen molar-refractivity contribution in [1.82, 2.24) is 34.4 Å². The van der Waals surface area contributed by atoms with E-state index in [1.165, 1.54) is 29.0 Å². The predicted molar refractivity (Wildman–Crippen MR) is 160 cm³/mol. The van der Waals surface area contributed by atoms with Crippen LogP contribution in [-0.2, 0) is 27.9 Å². The topological polar surface area (TPSA) is 170 Å². The number of nitrogens with one attached hydrogen (secondary N) is 2. The van der Waals surface area contributed by atoms with E-state index in [1.54, 1.807) is 29.2 Å². The molecule has 14 nitrogen and oxygen atoms in total. The largest absolute Gasteiger partial charge is 0.361 e. The first-order valence-electron chi connectivity index (χ1n) is 13.7. The lowest BCUT2D eigenvalue weighted by Gasteiger charge is -2.42. The molecular formula is C27H32ClFN8O6S. The van der Waals surface area contributed by atoms with Gasteiger partial charge in [0.05, 0.1) is 25.5 Å². The Morgan fingerprint density at radius 2 is 1.91 bits per heavy atom. The van der Waals surface area contributed by atoms with Crippen LogP contribution in [0.4, 0.5) is 10.2 Å². The molecule has 0 bridgehead atoms. The van der Waals surface area contributed by atoms with Crippen molar-refractivity contribution in [3.05, 3.63) is 63.0 Å². The molecule has 0 aliphatic carbocycles. The van der Waals surface area contributed by atoms with Crippen LogP contribution >= 0.6 is 11.6 Å². The number of amides is 2. The Morgan fingerprint density at radius 3 is 2.57 bits per heavy atom. The summed E-state index contributed by atoms with van der Waals surface area (Å²) in [6, 6.07) is 8.08. The summed E-state index contributed by atoms with van der Waals surface area (Å²) in [5.74, 6) is -0.976. The van der Waals surface area contributed by atoms with Gasteiger partial charge in [-0.15, -0.1) is 0 Å². The average Bonchev–Trinajstić information content (AvgIpc) is 3.31. The van der Waals surface area contributed by atoms with Gasteiger partial charge < -0.3 is 20.2 Å². The number of halogens is 2. The number of aromatic nitrogens is 3. The van der Waals surface area contributed by atoms with Gasteiger partial charge in [0.15, 0.2) is 17.8 Å². The van der Waals surface area contributed by atoms with Crippen molar-refractivity contribution in [3.63, 3.8) is 0 Å². The first kappa shape index (κ1) is 31.7. The van der Waals surface area contributed by atoms with Crippen molar-refractivity contribution in [2.24, 2.45) is 0 Å². The average molecular weight is 651 g/mol. The number of carbonyl (C=O) groups excluding carboxylic acids is 2. The molecule has 2 saturated heterocycles. The van der Waals surface area contributed by atoms with Crippen molar-refractivity contribution >= 4 is 50.4 Å². The zero-order valence-corrected chi connectivity index (χ0v) is 25.6. The third-order valence-electron chi connectivity index (χ3n) is 7.37. The zero-order chi connectivity index (χ0) is 31.8. The molecule has 2 aliphatic heterocycles. The standard InChI is InChI=1S/C27H32ClFN8O6S/c1-27(29)15-35(16-27)22(38)14-37-23-20(11-19(25(37)40)24(39)31-12-17-3-5-18(28)6-4-17)33-21(13-30-23)36-10-9-34(26(36)41)8-7-32-44(2,42)43/h3-6,11,13,26,32,41H,7-10,12,14-16H2,1-2H3,(H,31,39). The maximum Gasteiger partial charge on any atom is 0.265 e. The van der Waals surface area contributed by atoms with E-state index in [0.29, 0.717) is 18.1 Å². The smallest absolute Gasteiger partial charge is 0.265 e. The number of carbonyl (C=O) groups is 2. The fourth-order valence-electron chi connectivity index (χ4n) is 5.12. The fourth-order valence-corrected chi connectivity index (χ4v) is 5.71. The van der Waals surface area contributed by atoms with Crippen LogP contribution in [-0.4, -0.2) is 107 Å². The third-order valence-corrected chi connectivity index (χ3v) is 8.35. The molecule has 4 heterocycles. The van der Waals surface area contributed by atoms with Gasteiger partial charge >= 0.3 is 0 Å². The first-order chi connectivity index (χ1) is 20.7. The molecule has 0 saturated carbocycles. The Kier molecular flexibility index (Phi) is 8.91. The van der Waals surface area contributed by atoms with E-state index in [0.717, 1.165) is 16.4 Å². The van der Waals surface area contributed by atoms with Gasteiger partial charge in [0, 0.05) is 37.7 Å². The van der Waals surface area contributed by atoms with Crippen LogP contribution in [0, 0.1) is 0 Å². The molecule has 2 aliphatic rings. The fraction of sp³-hybridized carbons (Fsp3) is 0.444. The number of nitrogens with zero attached hydrogens (tertiary/aromatic N) is 6. The number of fused-ring (bicyclic) bond motifs is 1. The van der Waals surface area contributed by atoms with Gasteiger partial charge in [-0.05, 0) is 30.7 Å². The van der Waals surface area contributed by atoms with E-state index < -0.39 is 46.0 Å². The number of alkyl halides is 1. The lowest BCUT2D eigenvalue weighted by molar-refractivity contribution is -0.144. The highest BCUT2D eigenvalue weighted by atomic mass is 35.5. The molecule has 17 heteroatoms. The van der Waals surface area contributed by atoms with E-state index in [-0.39, 0.29) is 55.3 Å². The Balaban J connectivity index is 1.43. The lowest BCUT2D eigenvalue weighted by atomic mass is 9.99. The van der Waals surface area contributed by atoms with Gasteiger partial charge in [0.1, 0.15) is 23.3 Å². The number of aliphatic hydroxyl groups excluding tert-OH is 1. The van der Waals surface area contributed by atoms with E-state index in [1.807, 2.05) is 0 Å². The Hall–Kier alpha value is -3.70. The molecule has 2 amide bonds. The second kappa shape index (κ2) is 12.4. The normalized spacial score (nSPS) is 18.4. The SMILES string of the molecule is CC1(F)CN(C(=O)Cn2c(=O)c(C(=O)NCc3ccc(Cl)cc3)cc3nc(N4CCN(CCNS(C)(=O)=O)C4O)cnc32)C1. The van der Waals surface area contributed by atoms with E-state index in [9.17, 15) is 32.3 Å². The molecule has 2 fully saturated rings. The molecule has 1 aromatic carbocycles. The summed E-state index contributed by atoms with van der Waals surface area (Å²) >= 11 is 5.93. The van der Waals surface area contributed by atoms with Crippen LogP contribution in [0.25, 0.3) is 11.2 Å². The second-order valence-electron chi connectivity index (χ2n) is 11.1. The van der Waals surface area contributed by atoms with Gasteiger partial charge in [0.2, 0.25) is 15.9 Å². The Morgan fingerprint density at radius 1 is 1.20 bits per heavy atom. The number of anilines is 1. The summed E-state index contributed by atoms with van der Waals surface area (Å²) in [7, 11) is -3.39. The van der Waals surface area contributed by atoms with Crippen molar-refractivity contribution in [3.8, 4) is 0 Å². The summed E-state index contributed by atoms with van der Waals surface area (Å²) in [6.45, 7) is 1.85. The number of benzene rings is 1. The van der Waals surface area contributed by atoms with Crippen molar-refractivity contribution in [2.75, 3.05) is 50.4 Å². The number of sulfonamides is 1. The minimum Gasteiger partial charge on any atom is -0.361 e. The highest BCUT2D eigenvalue weighted by Gasteiger charge is 2.41. The monoisotopic (exact) mass is 650 g/mol. The number of hydrogen-bond donors (Lipinski definition) is 3. The molecule has 0 radical (unpaired) electrons. The quantitative estimate of drug-likeness (QED) is 0.269. The molecule has 5 rings (SSSR count). The maximum atomic E-state index is 14.1. The van der Waals surface area contributed by atoms with Gasteiger partial charge in [0.25, 0.3) is 11.5 Å².